The molecule has 1 aromatic carbocycles. The van der Waals surface area contributed by atoms with Crippen LogP contribution in [0.25, 0.3) is 0 Å². The van der Waals surface area contributed by atoms with Crippen LogP contribution in [0.1, 0.15) is 49.5 Å². The summed E-state index contributed by atoms with van der Waals surface area (Å²) in [6.07, 6.45) is 7.42. The predicted molar refractivity (Wildman–Crippen MR) is 150 cm³/mol. The smallest absolute Gasteiger partial charge is 0.259 e. The molecule has 1 fully saturated rings. The highest BCUT2D eigenvalue weighted by Crippen LogP contribution is 2.32. The molecule has 0 aliphatic carbocycles. The first-order valence-corrected chi connectivity index (χ1v) is 13.2. The molecule has 1 saturated heterocycles. The molecule has 38 heavy (non-hydrogen) atoms. The van der Waals surface area contributed by atoms with Gasteiger partial charge in [-0.2, -0.15) is 0 Å². The van der Waals surface area contributed by atoms with Gasteiger partial charge in [0.25, 0.3) is 5.91 Å². The average Bonchev–Trinajstić information content (AvgIpc) is 3.15. The zero-order valence-electron chi connectivity index (χ0n) is 22.2. The molecule has 0 bridgehead atoms. The lowest BCUT2D eigenvalue weighted by molar-refractivity contribution is -0.119. The van der Waals surface area contributed by atoms with Crippen LogP contribution in [0, 0.1) is 5.92 Å². The van der Waals surface area contributed by atoms with Crippen LogP contribution in [-0.2, 0) is 10.2 Å². The maximum absolute atomic E-state index is 13.9. The number of carbonyl (C=O) groups is 2. The average molecular weight is 536 g/mol. The molecule has 2 aliphatic heterocycles. The summed E-state index contributed by atoms with van der Waals surface area (Å²) >= 11 is 5.91. The summed E-state index contributed by atoms with van der Waals surface area (Å²) in [5.74, 6) is 2.32. The minimum absolute atomic E-state index is 0.0236. The van der Waals surface area contributed by atoms with Crippen LogP contribution < -0.4 is 15.4 Å². The maximum atomic E-state index is 13.9. The fourth-order valence-corrected chi connectivity index (χ4v) is 4.50. The normalized spacial score (nSPS) is 19.6. The Bertz CT molecular complexity index is 1260. The molecule has 2 amide bonds. The van der Waals surface area contributed by atoms with E-state index >= 15 is 0 Å². The molecule has 2 atom stereocenters. The van der Waals surface area contributed by atoms with E-state index in [0.717, 1.165) is 31.5 Å². The number of nitrogens with zero attached hydrogens (tertiary/aromatic N) is 3. The quantitative estimate of drug-likeness (QED) is 0.563. The lowest BCUT2D eigenvalue weighted by Crippen LogP contribution is -2.44. The standard InChI is InChI=1S/C29H34ClN5O3/c1-29(2,3)19-8-10-22(24(17-19)38-21-12-15-31-16-13-21)28(37)35(4)26-23(7-5-6-14-32-26)27(36)34-25-11-9-20(30)18-33-25/h5-11,17-18,21,23,26,31H,12-13,15-16H2,1-4H3,(H,33,34,36). The van der Waals surface area contributed by atoms with E-state index in [0.29, 0.717) is 22.2 Å². The second-order valence-electron chi connectivity index (χ2n) is 10.5. The number of hydrogen-bond donors (Lipinski definition) is 2. The molecule has 2 aliphatic rings. The van der Waals surface area contributed by atoms with Crippen molar-refractivity contribution in [2.45, 2.75) is 51.3 Å². The number of pyridine rings is 1. The molecule has 4 rings (SSSR count). The summed E-state index contributed by atoms with van der Waals surface area (Å²) in [6.45, 7) is 8.13. The third kappa shape index (κ3) is 6.70. The van der Waals surface area contributed by atoms with Gasteiger partial charge in [0, 0.05) is 13.2 Å². The van der Waals surface area contributed by atoms with Crippen molar-refractivity contribution in [2.75, 3.05) is 25.5 Å². The molecule has 3 heterocycles. The fraction of sp³-hybridized carbons (Fsp3) is 0.414. The van der Waals surface area contributed by atoms with Crippen molar-refractivity contribution in [3.63, 3.8) is 0 Å². The first kappa shape index (κ1) is 27.6. The fourth-order valence-electron chi connectivity index (χ4n) is 4.39. The number of piperidine rings is 1. The van der Waals surface area contributed by atoms with Gasteiger partial charge in [-0.3, -0.25) is 9.59 Å². The Balaban J connectivity index is 1.61. The van der Waals surface area contributed by atoms with Gasteiger partial charge in [0.15, 0.2) is 0 Å². The van der Waals surface area contributed by atoms with Crippen molar-refractivity contribution >= 4 is 35.1 Å². The van der Waals surface area contributed by atoms with Crippen LogP contribution in [0.5, 0.6) is 5.75 Å². The number of halogens is 1. The molecular weight excluding hydrogens is 502 g/mol. The van der Waals surface area contributed by atoms with E-state index in [-0.39, 0.29) is 23.3 Å². The molecular formula is C29H34ClN5O3. The van der Waals surface area contributed by atoms with Crippen molar-refractivity contribution in [1.29, 1.82) is 0 Å². The van der Waals surface area contributed by atoms with E-state index < -0.39 is 12.1 Å². The second-order valence-corrected chi connectivity index (χ2v) is 11.0. The maximum Gasteiger partial charge on any atom is 0.259 e. The molecule has 2 N–H and O–H groups in total. The number of anilines is 1. The predicted octanol–water partition coefficient (Wildman–Crippen LogP) is 4.61. The van der Waals surface area contributed by atoms with E-state index in [1.54, 1.807) is 37.4 Å². The van der Waals surface area contributed by atoms with E-state index in [1.165, 1.54) is 11.1 Å². The van der Waals surface area contributed by atoms with Crippen LogP contribution in [0.4, 0.5) is 5.82 Å². The Morgan fingerprint density at radius 3 is 2.63 bits per heavy atom. The van der Waals surface area contributed by atoms with Gasteiger partial charge >= 0.3 is 0 Å². The zero-order chi connectivity index (χ0) is 27.3. The lowest BCUT2D eigenvalue weighted by atomic mass is 9.86. The Labute approximate surface area is 228 Å². The van der Waals surface area contributed by atoms with Gasteiger partial charge in [0.05, 0.1) is 16.5 Å². The third-order valence-corrected chi connectivity index (χ3v) is 6.90. The van der Waals surface area contributed by atoms with Crippen molar-refractivity contribution in [2.24, 2.45) is 10.9 Å². The number of nitrogens with one attached hydrogen (secondary N) is 2. The Morgan fingerprint density at radius 1 is 1.18 bits per heavy atom. The summed E-state index contributed by atoms with van der Waals surface area (Å²) in [7, 11) is 1.64. The minimum atomic E-state index is -0.821. The van der Waals surface area contributed by atoms with Crippen LogP contribution >= 0.6 is 11.6 Å². The van der Waals surface area contributed by atoms with Crippen LogP contribution in [-0.4, -0.2) is 60.0 Å². The number of aromatic nitrogens is 1. The zero-order valence-corrected chi connectivity index (χ0v) is 23.0. The highest BCUT2D eigenvalue weighted by molar-refractivity contribution is 6.30. The molecule has 1 aromatic heterocycles. The van der Waals surface area contributed by atoms with Gasteiger partial charge in [-0.05, 0) is 73.1 Å². The van der Waals surface area contributed by atoms with Crippen LogP contribution in [0.2, 0.25) is 5.02 Å². The van der Waals surface area contributed by atoms with E-state index in [1.807, 2.05) is 18.2 Å². The summed E-state index contributed by atoms with van der Waals surface area (Å²) < 4.78 is 6.42. The largest absolute Gasteiger partial charge is 0.489 e. The molecule has 0 saturated carbocycles. The number of rotatable bonds is 6. The summed E-state index contributed by atoms with van der Waals surface area (Å²) in [5.41, 5.74) is 1.40. The molecule has 0 radical (unpaired) electrons. The van der Waals surface area contributed by atoms with E-state index in [9.17, 15) is 9.59 Å². The second kappa shape index (κ2) is 11.9. The minimum Gasteiger partial charge on any atom is -0.489 e. The molecule has 2 aromatic rings. The molecule has 200 valence electrons. The van der Waals surface area contributed by atoms with Crippen molar-refractivity contribution in [3.8, 4) is 5.75 Å². The number of allylic oxidation sites excluding steroid dienone is 2. The van der Waals surface area contributed by atoms with Gasteiger partial charge in [-0.15, -0.1) is 0 Å². The van der Waals surface area contributed by atoms with E-state index in [2.05, 4.69) is 47.3 Å². The molecule has 2 unspecified atom stereocenters. The van der Waals surface area contributed by atoms with Gasteiger partial charge in [-0.1, -0.05) is 50.6 Å². The topological polar surface area (TPSA) is 95.9 Å². The van der Waals surface area contributed by atoms with Crippen molar-refractivity contribution in [1.82, 2.24) is 15.2 Å². The van der Waals surface area contributed by atoms with Crippen molar-refractivity contribution < 1.29 is 14.3 Å². The Hall–Kier alpha value is -3.45. The van der Waals surface area contributed by atoms with Gasteiger partial charge in [0.2, 0.25) is 5.91 Å². The summed E-state index contributed by atoms with van der Waals surface area (Å²) in [5, 5.41) is 6.60. The number of ether oxygens (including phenoxy) is 1. The Kier molecular flexibility index (Phi) is 8.67. The monoisotopic (exact) mass is 535 g/mol. The van der Waals surface area contributed by atoms with Gasteiger partial charge in [0.1, 0.15) is 23.8 Å². The molecule has 0 spiro atoms. The van der Waals surface area contributed by atoms with Crippen LogP contribution in [0.3, 0.4) is 0 Å². The molecule has 8 nitrogen and oxygen atoms in total. The van der Waals surface area contributed by atoms with Crippen LogP contribution in [0.15, 0.2) is 59.7 Å². The highest BCUT2D eigenvalue weighted by Gasteiger charge is 2.34. The number of amides is 2. The SMILES string of the molecule is CN(C(=O)c1ccc(C(C)(C)C)cc1OC1CCNCC1)C1N=C=CC=CC1C(=O)Nc1ccc(Cl)cn1. The third-order valence-electron chi connectivity index (χ3n) is 6.67. The number of carbonyl (C=O) groups excluding carboxylic acids is 2. The number of benzene rings is 1. The van der Waals surface area contributed by atoms with Gasteiger partial charge < -0.3 is 20.3 Å². The van der Waals surface area contributed by atoms with Crippen molar-refractivity contribution in [3.05, 3.63) is 70.9 Å². The summed E-state index contributed by atoms with van der Waals surface area (Å²) in [6, 6.07) is 9.01. The highest BCUT2D eigenvalue weighted by atomic mass is 35.5. The first-order chi connectivity index (χ1) is 18.1. The first-order valence-electron chi connectivity index (χ1n) is 12.8. The molecule has 9 heteroatoms. The number of hydrogen-bond acceptors (Lipinski definition) is 6. The lowest BCUT2D eigenvalue weighted by Gasteiger charge is -2.31. The summed E-state index contributed by atoms with van der Waals surface area (Å²) in [4.78, 5) is 37.2. The number of aliphatic imine (C=N–C) groups is 1. The van der Waals surface area contributed by atoms with E-state index in [4.69, 9.17) is 16.3 Å². The Morgan fingerprint density at radius 2 is 1.95 bits per heavy atom. The van der Waals surface area contributed by atoms with Gasteiger partial charge in [-0.25, -0.2) is 9.98 Å².